The summed E-state index contributed by atoms with van der Waals surface area (Å²) in [6, 6.07) is 13.1. The van der Waals surface area contributed by atoms with E-state index in [-0.39, 0.29) is 5.91 Å². The number of nitrogens with zero attached hydrogens (tertiary/aromatic N) is 2. The van der Waals surface area contributed by atoms with Gasteiger partial charge in [0.1, 0.15) is 0 Å². The van der Waals surface area contributed by atoms with Gasteiger partial charge in [-0.2, -0.15) is 5.26 Å². The third-order valence-electron chi connectivity index (χ3n) is 2.77. The first-order chi connectivity index (χ1) is 10.2. The Morgan fingerprint density at radius 2 is 2.10 bits per heavy atom. The van der Waals surface area contributed by atoms with Gasteiger partial charge in [0.05, 0.1) is 17.4 Å². The quantitative estimate of drug-likeness (QED) is 0.920. The summed E-state index contributed by atoms with van der Waals surface area (Å²) in [5.74, 6) is 1.11. The number of carbonyl (C=O) groups is 1. The fourth-order valence-electron chi connectivity index (χ4n) is 1.76. The molecule has 0 saturated heterocycles. The minimum absolute atomic E-state index is 0.0285. The van der Waals surface area contributed by atoms with Crippen LogP contribution >= 0.6 is 11.8 Å². The number of pyridine rings is 1. The van der Waals surface area contributed by atoms with E-state index in [2.05, 4.69) is 16.4 Å². The summed E-state index contributed by atoms with van der Waals surface area (Å²) >= 11 is 1.54. The Morgan fingerprint density at radius 1 is 1.33 bits per heavy atom. The number of benzene rings is 1. The first-order valence-electron chi connectivity index (χ1n) is 6.46. The average Bonchev–Trinajstić information content (AvgIpc) is 2.48. The highest BCUT2D eigenvalue weighted by Gasteiger charge is 2.03. The molecule has 1 N–H and O–H groups in total. The van der Waals surface area contributed by atoms with E-state index in [1.54, 1.807) is 36.2 Å². The molecule has 1 aromatic heterocycles. The largest absolute Gasteiger partial charge is 0.325 e. The van der Waals surface area contributed by atoms with Crippen molar-refractivity contribution < 1.29 is 4.79 Å². The van der Waals surface area contributed by atoms with Gasteiger partial charge in [0, 0.05) is 23.3 Å². The maximum atomic E-state index is 11.8. The molecule has 0 radical (unpaired) electrons. The second-order valence-corrected chi connectivity index (χ2v) is 5.52. The van der Waals surface area contributed by atoms with Gasteiger partial charge in [0.2, 0.25) is 5.91 Å². The number of hydrogen-bond acceptors (Lipinski definition) is 4. The van der Waals surface area contributed by atoms with Crippen molar-refractivity contribution in [1.82, 2.24) is 4.98 Å². The summed E-state index contributed by atoms with van der Waals surface area (Å²) in [6.07, 6.45) is 1.68. The molecule has 0 spiro atoms. The van der Waals surface area contributed by atoms with Gasteiger partial charge in [-0.15, -0.1) is 11.8 Å². The van der Waals surface area contributed by atoms with Gasteiger partial charge in [-0.3, -0.25) is 9.78 Å². The number of nitriles is 1. The molecule has 0 aliphatic carbocycles. The zero-order chi connectivity index (χ0) is 15.1. The van der Waals surface area contributed by atoms with E-state index >= 15 is 0 Å². The van der Waals surface area contributed by atoms with Crippen molar-refractivity contribution in [3.05, 3.63) is 59.4 Å². The van der Waals surface area contributed by atoms with Gasteiger partial charge in [0.15, 0.2) is 0 Å². The van der Waals surface area contributed by atoms with Crippen LogP contribution in [0.15, 0.2) is 42.6 Å². The van der Waals surface area contributed by atoms with Gasteiger partial charge in [0.25, 0.3) is 0 Å². The molecule has 0 unspecified atom stereocenters. The van der Waals surface area contributed by atoms with E-state index < -0.39 is 0 Å². The van der Waals surface area contributed by atoms with Crippen LogP contribution in [0.25, 0.3) is 0 Å². The van der Waals surface area contributed by atoms with E-state index in [1.807, 2.05) is 25.1 Å². The van der Waals surface area contributed by atoms with Crippen molar-refractivity contribution in [2.24, 2.45) is 0 Å². The third kappa shape index (κ3) is 4.93. The topological polar surface area (TPSA) is 65.8 Å². The number of carbonyl (C=O) groups excluding carboxylic acids is 1. The lowest BCUT2D eigenvalue weighted by atomic mass is 10.2. The van der Waals surface area contributed by atoms with Crippen LogP contribution in [0.3, 0.4) is 0 Å². The van der Waals surface area contributed by atoms with Gasteiger partial charge in [-0.05, 0) is 36.8 Å². The van der Waals surface area contributed by atoms with E-state index in [4.69, 9.17) is 5.26 Å². The van der Waals surface area contributed by atoms with E-state index in [9.17, 15) is 4.79 Å². The van der Waals surface area contributed by atoms with Crippen molar-refractivity contribution in [2.75, 3.05) is 11.1 Å². The van der Waals surface area contributed by atoms with Crippen LogP contribution in [-0.2, 0) is 10.5 Å². The molecule has 2 aromatic rings. The van der Waals surface area contributed by atoms with E-state index in [0.29, 0.717) is 11.3 Å². The fraction of sp³-hybridized carbons (Fsp3) is 0.188. The molecule has 0 aliphatic rings. The number of nitrogens with one attached hydrogen (secondary N) is 1. The number of rotatable bonds is 5. The molecular formula is C16H15N3OS. The molecular weight excluding hydrogens is 282 g/mol. The molecule has 0 fully saturated rings. The zero-order valence-corrected chi connectivity index (χ0v) is 12.5. The summed E-state index contributed by atoms with van der Waals surface area (Å²) in [5.41, 5.74) is 3.39. The van der Waals surface area contributed by atoms with Crippen molar-refractivity contribution in [2.45, 2.75) is 12.7 Å². The Morgan fingerprint density at radius 3 is 2.76 bits per heavy atom. The number of hydrogen-bond donors (Lipinski definition) is 1. The molecule has 1 heterocycles. The highest BCUT2D eigenvalue weighted by Crippen LogP contribution is 2.14. The summed E-state index contributed by atoms with van der Waals surface area (Å²) in [7, 11) is 0. The molecule has 2 rings (SSSR count). The van der Waals surface area contributed by atoms with Gasteiger partial charge in [-0.1, -0.05) is 12.1 Å². The number of aromatic nitrogens is 1. The summed E-state index contributed by atoms with van der Waals surface area (Å²) in [6.45, 7) is 1.88. The van der Waals surface area contributed by atoms with Crippen LogP contribution in [-0.4, -0.2) is 16.6 Å². The first-order valence-corrected chi connectivity index (χ1v) is 7.62. The highest BCUT2D eigenvalue weighted by molar-refractivity contribution is 7.99. The van der Waals surface area contributed by atoms with Crippen LogP contribution < -0.4 is 5.32 Å². The highest BCUT2D eigenvalue weighted by atomic mass is 32.2. The Kier molecular flexibility index (Phi) is 5.35. The number of thioether (sulfide) groups is 1. The van der Waals surface area contributed by atoms with Gasteiger partial charge in [-0.25, -0.2) is 0 Å². The first kappa shape index (κ1) is 15.1. The maximum Gasteiger partial charge on any atom is 0.234 e. The molecule has 5 heteroatoms. The summed E-state index contributed by atoms with van der Waals surface area (Å²) in [4.78, 5) is 15.9. The lowest BCUT2D eigenvalue weighted by Crippen LogP contribution is -2.14. The van der Waals surface area contributed by atoms with Crippen LogP contribution in [0.1, 0.15) is 16.8 Å². The Hall–Kier alpha value is -2.32. The Labute approximate surface area is 128 Å². The molecule has 0 atom stereocenters. The van der Waals surface area contributed by atoms with E-state index in [1.165, 1.54) is 0 Å². The lowest BCUT2D eigenvalue weighted by molar-refractivity contribution is -0.113. The average molecular weight is 297 g/mol. The monoisotopic (exact) mass is 297 g/mol. The second-order valence-electron chi connectivity index (χ2n) is 4.54. The van der Waals surface area contributed by atoms with Crippen molar-refractivity contribution in [3.8, 4) is 6.07 Å². The van der Waals surface area contributed by atoms with Crippen molar-refractivity contribution in [1.29, 1.82) is 5.26 Å². The van der Waals surface area contributed by atoms with Crippen molar-refractivity contribution in [3.63, 3.8) is 0 Å². The number of anilines is 1. The molecule has 1 aromatic carbocycles. The molecule has 4 nitrogen and oxygen atoms in total. The zero-order valence-electron chi connectivity index (χ0n) is 11.7. The summed E-state index contributed by atoms with van der Waals surface area (Å²) in [5, 5.41) is 11.6. The second kappa shape index (κ2) is 7.46. The molecule has 0 saturated carbocycles. The third-order valence-corrected chi connectivity index (χ3v) is 3.77. The van der Waals surface area contributed by atoms with Crippen LogP contribution in [0.4, 0.5) is 5.69 Å². The van der Waals surface area contributed by atoms with E-state index in [0.717, 1.165) is 22.7 Å². The minimum Gasteiger partial charge on any atom is -0.325 e. The van der Waals surface area contributed by atoms with Gasteiger partial charge < -0.3 is 5.32 Å². The Bertz CT molecular complexity index is 662. The van der Waals surface area contributed by atoms with Gasteiger partial charge >= 0.3 is 0 Å². The van der Waals surface area contributed by atoms with Crippen LogP contribution in [0.5, 0.6) is 0 Å². The van der Waals surface area contributed by atoms with Crippen LogP contribution in [0.2, 0.25) is 0 Å². The Balaban J connectivity index is 1.77. The predicted octanol–water partition coefficient (Wildman–Crippen LogP) is 3.13. The SMILES string of the molecule is Cc1cc(NC(=O)CSCc2ccc(C#N)cc2)ccn1. The molecule has 1 amide bonds. The normalized spacial score (nSPS) is 9.90. The maximum absolute atomic E-state index is 11.8. The van der Waals surface area contributed by atoms with Crippen LogP contribution in [0, 0.1) is 18.3 Å². The smallest absolute Gasteiger partial charge is 0.234 e. The fourth-order valence-corrected chi connectivity index (χ4v) is 2.55. The lowest BCUT2D eigenvalue weighted by Gasteiger charge is -2.05. The number of aryl methyl sites for hydroxylation is 1. The molecule has 0 aliphatic heterocycles. The standard InChI is InChI=1S/C16H15N3OS/c1-12-8-15(6-7-18-12)19-16(20)11-21-10-14-4-2-13(9-17)3-5-14/h2-8H,10-11H2,1H3,(H,18,19,20). The molecule has 0 bridgehead atoms. The van der Waals surface area contributed by atoms with Crippen molar-refractivity contribution >= 4 is 23.4 Å². The summed E-state index contributed by atoms with van der Waals surface area (Å²) < 4.78 is 0. The predicted molar refractivity (Wildman–Crippen MR) is 84.9 cm³/mol. The molecule has 106 valence electrons. The number of amides is 1. The molecule has 21 heavy (non-hydrogen) atoms. The minimum atomic E-state index is -0.0285.